The van der Waals surface area contributed by atoms with Crippen LogP contribution in [0.2, 0.25) is 0 Å². The molecule has 0 aliphatic carbocycles. The van der Waals surface area contributed by atoms with Crippen molar-refractivity contribution in [2.24, 2.45) is 0 Å². The van der Waals surface area contributed by atoms with E-state index in [0.29, 0.717) is 12.1 Å². The van der Waals surface area contributed by atoms with Crippen molar-refractivity contribution in [1.82, 2.24) is 0 Å². The summed E-state index contributed by atoms with van der Waals surface area (Å²) in [4.78, 5) is 14.2. The van der Waals surface area contributed by atoms with Gasteiger partial charge in [0.15, 0.2) is 0 Å². The Bertz CT molecular complexity index is 390. The fraction of sp³-hybridized carbons (Fsp3) is 0.562. The number of benzene rings is 1. The smallest absolute Gasteiger partial charge is 0.227 e. The summed E-state index contributed by atoms with van der Waals surface area (Å²) < 4.78 is 0. The molecule has 0 atom stereocenters. The number of amides is 1. The van der Waals surface area contributed by atoms with E-state index in [-0.39, 0.29) is 5.91 Å². The van der Waals surface area contributed by atoms with Gasteiger partial charge in [-0.3, -0.25) is 4.79 Å². The number of carbonyl (C=O) groups excluding carboxylic acids is 1. The second kappa shape index (κ2) is 8.57. The van der Waals surface area contributed by atoms with Gasteiger partial charge in [-0.15, -0.1) is 0 Å². The van der Waals surface area contributed by atoms with Crippen molar-refractivity contribution in [1.29, 1.82) is 0 Å². The van der Waals surface area contributed by atoms with Gasteiger partial charge in [-0.25, -0.2) is 0 Å². The Morgan fingerprint density at radius 3 is 2.47 bits per heavy atom. The maximum Gasteiger partial charge on any atom is 0.227 e. The van der Waals surface area contributed by atoms with Crippen LogP contribution in [-0.2, 0) is 4.79 Å². The molecule has 0 heterocycles. The molecule has 0 bridgehead atoms. The SMILES string of the molecule is CCCCCCC(=O)N(CCC)c1ccccc1N. The number of hydrogen-bond acceptors (Lipinski definition) is 2. The van der Waals surface area contributed by atoms with Crippen molar-refractivity contribution in [2.45, 2.75) is 52.4 Å². The van der Waals surface area contributed by atoms with Crippen LogP contribution in [0.15, 0.2) is 24.3 Å². The quantitative estimate of drug-likeness (QED) is 0.569. The first kappa shape index (κ1) is 15.5. The molecule has 0 spiro atoms. The van der Waals surface area contributed by atoms with Gasteiger partial charge in [0.2, 0.25) is 5.91 Å². The number of hydrogen-bond donors (Lipinski definition) is 1. The third-order valence-corrected chi connectivity index (χ3v) is 3.22. The molecular formula is C16H26N2O. The first-order valence-corrected chi connectivity index (χ1v) is 7.35. The number of unbranched alkanes of at least 4 members (excludes halogenated alkanes) is 3. The maximum atomic E-state index is 12.3. The summed E-state index contributed by atoms with van der Waals surface area (Å²) in [6.07, 6.45) is 6.06. The van der Waals surface area contributed by atoms with Crippen LogP contribution in [-0.4, -0.2) is 12.5 Å². The van der Waals surface area contributed by atoms with Gasteiger partial charge in [0.05, 0.1) is 11.4 Å². The molecule has 106 valence electrons. The Morgan fingerprint density at radius 1 is 1.11 bits per heavy atom. The second-order valence-electron chi connectivity index (χ2n) is 4.91. The summed E-state index contributed by atoms with van der Waals surface area (Å²) in [5.74, 6) is 0.191. The fourth-order valence-electron chi connectivity index (χ4n) is 2.17. The number of nitrogens with two attached hydrogens (primary N) is 1. The lowest BCUT2D eigenvalue weighted by atomic mass is 10.1. The molecule has 0 saturated carbocycles. The average molecular weight is 262 g/mol. The standard InChI is InChI=1S/C16H26N2O/c1-3-5-6-7-12-16(19)18(13-4-2)15-11-9-8-10-14(15)17/h8-11H,3-7,12-13,17H2,1-2H3. The van der Waals surface area contributed by atoms with Crippen molar-refractivity contribution in [3.05, 3.63) is 24.3 Å². The lowest BCUT2D eigenvalue weighted by Gasteiger charge is -2.23. The van der Waals surface area contributed by atoms with Crippen molar-refractivity contribution < 1.29 is 4.79 Å². The minimum Gasteiger partial charge on any atom is -0.397 e. The van der Waals surface area contributed by atoms with E-state index in [9.17, 15) is 4.79 Å². The number of carbonyl (C=O) groups is 1. The van der Waals surface area contributed by atoms with E-state index in [1.54, 1.807) is 0 Å². The summed E-state index contributed by atoms with van der Waals surface area (Å²) in [6.45, 7) is 4.99. The van der Waals surface area contributed by atoms with E-state index in [4.69, 9.17) is 5.73 Å². The molecule has 1 aromatic rings. The topological polar surface area (TPSA) is 46.3 Å². The molecule has 3 heteroatoms. The van der Waals surface area contributed by atoms with Crippen LogP contribution in [0, 0.1) is 0 Å². The Balaban J connectivity index is 2.66. The summed E-state index contributed by atoms with van der Waals surface area (Å²) >= 11 is 0. The molecule has 0 aromatic heterocycles. The van der Waals surface area contributed by atoms with Crippen LogP contribution in [0.3, 0.4) is 0 Å². The highest BCUT2D eigenvalue weighted by Crippen LogP contribution is 2.24. The zero-order chi connectivity index (χ0) is 14.1. The second-order valence-corrected chi connectivity index (χ2v) is 4.91. The molecule has 2 N–H and O–H groups in total. The molecule has 1 amide bonds. The zero-order valence-electron chi connectivity index (χ0n) is 12.2. The lowest BCUT2D eigenvalue weighted by Crippen LogP contribution is -2.32. The van der Waals surface area contributed by atoms with E-state index >= 15 is 0 Å². The Labute approximate surface area is 116 Å². The minimum atomic E-state index is 0.191. The number of para-hydroxylation sites is 2. The van der Waals surface area contributed by atoms with E-state index in [2.05, 4.69) is 13.8 Å². The highest BCUT2D eigenvalue weighted by Gasteiger charge is 2.16. The summed E-state index contributed by atoms with van der Waals surface area (Å²) in [6, 6.07) is 7.60. The molecule has 1 rings (SSSR count). The Morgan fingerprint density at radius 2 is 1.84 bits per heavy atom. The van der Waals surface area contributed by atoms with Gasteiger partial charge in [-0.05, 0) is 25.0 Å². The number of rotatable bonds is 8. The third-order valence-electron chi connectivity index (χ3n) is 3.22. The van der Waals surface area contributed by atoms with E-state index in [1.807, 2.05) is 29.2 Å². The predicted octanol–water partition coefficient (Wildman–Crippen LogP) is 3.98. The average Bonchev–Trinajstić information content (AvgIpc) is 2.42. The Kier molecular flexibility index (Phi) is 7.01. The van der Waals surface area contributed by atoms with E-state index < -0.39 is 0 Å². The summed E-state index contributed by atoms with van der Waals surface area (Å²) in [5, 5.41) is 0. The normalized spacial score (nSPS) is 10.4. The monoisotopic (exact) mass is 262 g/mol. The zero-order valence-corrected chi connectivity index (χ0v) is 12.2. The molecule has 0 unspecified atom stereocenters. The van der Waals surface area contributed by atoms with Gasteiger partial charge in [-0.1, -0.05) is 45.2 Å². The highest BCUT2D eigenvalue weighted by molar-refractivity contribution is 5.96. The Hall–Kier alpha value is -1.51. The number of anilines is 2. The van der Waals surface area contributed by atoms with E-state index in [1.165, 1.54) is 12.8 Å². The van der Waals surface area contributed by atoms with Gasteiger partial charge in [0.25, 0.3) is 0 Å². The van der Waals surface area contributed by atoms with Gasteiger partial charge < -0.3 is 10.6 Å². The van der Waals surface area contributed by atoms with Crippen molar-refractivity contribution in [3.8, 4) is 0 Å². The van der Waals surface area contributed by atoms with Gasteiger partial charge in [0.1, 0.15) is 0 Å². The molecule has 0 aliphatic heterocycles. The van der Waals surface area contributed by atoms with Crippen LogP contribution in [0.1, 0.15) is 52.4 Å². The number of nitrogens with zero attached hydrogens (tertiary/aromatic N) is 1. The van der Waals surface area contributed by atoms with Crippen LogP contribution in [0.25, 0.3) is 0 Å². The van der Waals surface area contributed by atoms with Crippen LogP contribution < -0.4 is 10.6 Å². The first-order valence-electron chi connectivity index (χ1n) is 7.35. The molecule has 3 nitrogen and oxygen atoms in total. The fourth-order valence-corrected chi connectivity index (χ4v) is 2.17. The van der Waals surface area contributed by atoms with Gasteiger partial charge in [0, 0.05) is 13.0 Å². The van der Waals surface area contributed by atoms with Gasteiger partial charge in [-0.2, -0.15) is 0 Å². The molecule has 19 heavy (non-hydrogen) atoms. The van der Waals surface area contributed by atoms with Crippen molar-refractivity contribution in [3.63, 3.8) is 0 Å². The molecule has 0 aliphatic rings. The highest BCUT2D eigenvalue weighted by atomic mass is 16.2. The van der Waals surface area contributed by atoms with Gasteiger partial charge >= 0.3 is 0 Å². The molecular weight excluding hydrogens is 236 g/mol. The van der Waals surface area contributed by atoms with Crippen LogP contribution in [0.5, 0.6) is 0 Å². The largest absolute Gasteiger partial charge is 0.397 e. The molecule has 0 fully saturated rings. The first-order chi connectivity index (χ1) is 9.20. The minimum absolute atomic E-state index is 0.191. The van der Waals surface area contributed by atoms with Crippen molar-refractivity contribution in [2.75, 3.05) is 17.2 Å². The summed E-state index contributed by atoms with van der Waals surface area (Å²) in [5.41, 5.74) is 7.50. The molecule has 0 saturated heterocycles. The molecule has 0 radical (unpaired) electrons. The van der Waals surface area contributed by atoms with Crippen LogP contribution >= 0.6 is 0 Å². The van der Waals surface area contributed by atoms with E-state index in [0.717, 1.165) is 31.5 Å². The third kappa shape index (κ3) is 4.93. The summed E-state index contributed by atoms with van der Waals surface area (Å²) in [7, 11) is 0. The molecule has 1 aromatic carbocycles. The number of nitrogen functional groups attached to an aromatic ring is 1. The van der Waals surface area contributed by atoms with Crippen LogP contribution in [0.4, 0.5) is 11.4 Å². The predicted molar refractivity (Wildman–Crippen MR) is 82.3 cm³/mol. The van der Waals surface area contributed by atoms with Crippen molar-refractivity contribution >= 4 is 17.3 Å². The maximum absolute atomic E-state index is 12.3. The lowest BCUT2D eigenvalue weighted by molar-refractivity contribution is -0.118.